The molecule has 8 aromatic carbocycles. The number of nitrogens with zero attached hydrogens (tertiary/aromatic N) is 3. The van der Waals surface area contributed by atoms with E-state index in [9.17, 15) is 0 Å². The first-order valence-electron chi connectivity index (χ1n) is 17.6. The van der Waals surface area contributed by atoms with Gasteiger partial charge in [-0.15, -0.1) is 0 Å². The quantitative estimate of drug-likeness (QED) is 0.188. The predicted molar refractivity (Wildman–Crippen MR) is 215 cm³/mol. The molecule has 4 nitrogen and oxygen atoms in total. The molecule has 0 amide bonds. The van der Waals surface area contributed by atoms with Gasteiger partial charge in [-0.2, -0.15) is 0 Å². The van der Waals surface area contributed by atoms with Gasteiger partial charge in [-0.1, -0.05) is 127 Å². The van der Waals surface area contributed by atoms with Crippen LogP contribution in [-0.2, 0) is 0 Å². The minimum absolute atomic E-state index is 0.676. The van der Waals surface area contributed by atoms with E-state index in [0.29, 0.717) is 5.82 Å². The van der Waals surface area contributed by atoms with Gasteiger partial charge in [-0.3, -0.25) is 0 Å². The Morgan fingerprint density at radius 2 is 1.12 bits per heavy atom. The van der Waals surface area contributed by atoms with Crippen molar-refractivity contribution in [1.29, 1.82) is 0 Å². The molecule has 11 rings (SSSR count). The van der Waals surface area contributed by atoms with Crippen molar-refractivity contribution in [3.8, 4) is 39.5 Å². The van der Waals surface area contributed by atoms with Crippen molar-refractivity contribution >= 4 is 65.4 Å². The van der Waals surface area contributed by atoms with Crippen molar-refractivity contribution in [3.05, 3.63) is 176 Å². The zero-order valence-corrected chi connectivity index (χ0v) is 28.0. The fraction of sp³-hybridized carbons (Fsp3) is 0. The Bertz CT molecular complexity index is 3180. The van der Waals surface area contributed by atoms with Gasteiger partial charge in [-0.25, -0.2) is 9.97 Å². The van der Waals surface area contributed by atoms with Crippen LogP contribution in [-0.4, -0.2) is 14.5 Å². The molecule has 3 aromatic heterocycles. The molecule has 0 aliphatic rings. The minimum atomic E-state index is 0.676. The third kappa shape index (κ3) is 4.28. The summed E-state index contributed by atoms with van der Waals surface area (Å²) < 4.78 is 8.92. The molecule has 0 N–H and O–H groups in total. The van der Waals surface area contributed by atoms with Crippen LogP contribution in [0.3, 0.4) is 0 Å². The van der Waals surface area contributed by atoms with E-state index in [1.165, 1.54) is 38.1 Å². The third-order valence-corrected chi connectivity index (χ3v) is 10.4. The van der Waals surface area contributed by atoms with Gasteiger partial charge in [0, 0.05) is 43.7 Å². The Morgan fingerprint density at radius 3 is 1.96 bits per heavy atom. The van der Waals surface area contributed by atoms with Crippen LogP contribution in [0.1, 0.15) is 0 Å². The third-order valence-electron chi connectivity index (χ3n) is 10.4. The largest absolute Gasteiger partial charge is 0.456 e. The molecule has 0 spiro atoms. The molecular weight excluding hydrogens is 635 g/mol. The number of benzene rings is 8. The SMILES string of the molecule is c1ccc(-c2nc(-c3cccc4oc5ccc(-c6cc7c(c8ccccc68)c6ccccc6n7-c6ccccc6)cc5c34)nc3ccccc23)cc1. The highest BCUT2D eigenvalue weighted by molar-refractivity contribution is 6.24. The lowest BCUT2D eigenvalue weighted by Gasteiger charge is -2.12. The summed E-state index contributed by atoms with van der Waals surface area (Å²) in [6.07, 6.45) is 0. The van der Waals surface area contributed by atoms with E-state index in [1.807, 2.05) is 30.3 Å². The van der Waals surface area contributed by atoms with E-state index in [1.54, 1.807) is 0 Å². The summed E-state index contributed by atoms with van der Waals surface area (Å²) in [6.45, 7) is 0. The van der Waals surface area contributed by atoms with Crippen molar-refractivity contribution < 1.29 is 4.42 Å². The Balaban J connectivity index is 1.18. The summed E-state index contributed by atoms with van der Waals surface area (Å²) in [5.41, 5.74) is 11.3. The molecule has 0 atom stereocenters. The molecule has 0 unspecified atom stereocenters. The maximum atomic E-state index is 6.52. The molecule has 0 saturated heterocycles. The molecule has 0 aliphatic heterocycles. The zero-order chi connectivity index (χ0) is 34.2. The summed E-state index contributed by atoms with van der Waals surface area (Å²) in [4.78, 5) is 10.4. The Hall–Kier alpha value is -7.04. The number of para-hydroxylation sites is 3. The maximum absolute atomic E-state index is 6.52. The van der Waals surface area contributed by atoms with Gasteiger partial charge in [-0.05, 0) is 70.4 Å². The molecule has 4 heteroatoms. The van der Waals surface area contributed by atoms with Crippen LogP contribution in [0.15, 0.2) is 180 Å². The monoisotopic (exact) mass is 663 g/mol. The summed E-state index contributed by atoms with van der Waals surface area (Å²) in [7, 11) is 0. The lowest BCUT2D eigenvalue weighted by atomic mass is 9.93. The maximum Gasteiger partial charge on any atom is 0.161 e. The second-order valence-electron chi connectivity index (χ2n) is 13.3. The number of aromatic nitrogens is 3. The smallest absolute Gasteiger partial charge is 0.161 e. The van der Waals surface area contributed by atoms with Gasteiger partial charge in [0.15, 0.2) is 5.82 Å². The van der Waals surface area contributed by atoms with Crippen molar-refractivity contribution in [2.75, 3.05) is 0 Å². The normalized spacial score (nSPS) is 11.8. The summed E-state index contributed by atoms with van der Waals surface area (Å²) >= 11 is 0. The minimum Gasteiger partial charge on any atom is -0.456 e. The van der Waals surface area contributed by atoms with Gasteiger partial charge in [0.1, 0.15) is 11.2 Å². The topological polar surface area (TPSA) is 43.9 Å². The van der Waals surface area contributed by atoms with Crippen LogP contribution >= 0.6 is 0 Å². The molecule has 0 bridgehead atoms. The van der Waals surface area contributed by atoms with Gasteiger partial charge in [0.25, 0.3) is 0 Å². The second-order valence-corrected chi connectivity index (χ2v) is 13.3. The molecule has 52 heavy (non-hydrogen) atoms. The van der Waals surface area contributed by atoms with E-state index < -0.39 is 0 Å². The van der Waals surface area contributed by atoms with E-state index in [-0.39, 0.29) is 0 Å². The van der Waals surface area contributed by atoms with Crippen LogP contribution in [0, 0.1) is 0 Å². The Kier molecular flexibility index (Phi) is 6.22. The van der Waals surface area contributed by atoms with Crippen LogP contribution in [0.4, 0.5) is 0 Å². The van der Waals surface area contributed by atoms with Crippen LogP contribution in [0.5, 0.6) is 0 Å². The lowest BCUT2D eigenvalue weighted by Crippen LogP contribution is -1.95. The molecule has 0 saturated carbocycles. The van der Waals surface area contributed by atoms with E-state index in [2.05, 4.69) is 150 Å². The first-order valence-corrected chi connectivity index (χ1v) is 17.6. The average Bonchev–Trinajstić information content (AvgIpc) is 3.76. The number of hydrogen-bond donors (Lipinski definition) is 0. The molecule has 0 aliphatic carbocycles. The van der Waals surface area contributed by atoms with E-state index in [0.717, 1.165) is 60.9 Å². The molecule has 11 aromatic rings. The van der Waals surface area contributed by atoms with Gasteiger partial charge >= 0.3 is 0 Å². The molecular formula is C48H29N3O. The van der Waals surface area contributed by atoms with Gasteiger partial charge in [0.2, 0.25) is 0 Å². The summed E-state index contributed by atoms with van der Waals surface area (Å²) in [5, 5.41) is 8.03. The van der Waals surface area contributed by atoms with Crippen LogP contribution in [0.2, 0.25) is 0 Å². The van der Waals surface area contributed by atoms with Gasteiger partial charge < -0.3 is 8.98 Å². The lowest BCUT2D eigenvalue weighted by molar-refractivity contribution is 0.669. The highest BCUT2D eigenvalue weighted by atomic mass is 16.3. The van der Waals surface area contributed by atoms with Crippen LogP contribution < -0.4 is 0 Å². The molecule has 0 radical (unpaired) electrons. The fourth-order valence-electron chi connectivity index (χ4n) is 8.12. The van der Waals surface area contributed by atoms with Crippen molar-refractivity contribution in [1.82, 2.24) is 14.5 Å². The fourth-order valence-corrected chi connectivity index (χ4v) is 8.12. The Labute approximate surface area is 298 Å². The second kappa shape index (κ2) is 11.2. The standard InChI is InChI=1S/C48H29N3O/c1-3-14-30(15-4-1)47-35-20-9-11-23-40(35)49-48(50-47)37-22-13-25-44-46(37)39-28-31(26-27-43(39)52-44)38-29-42-45(34-19-8-7-18-33(34)38)36-21-10-12-24-41(36)51(42)32-16-5-2-6-17-32/h1-29H. The van der Waals surface area contributed by atoms with Crippen molar-refractivity contribution in [2.24, 2.45) is 0 Å². The average molecular weight is 664 g/mol. The predicted octanol–water partition coefficient (Wildman–Crippen LogP) is 12.8. The first kappa shape index (κ1) is 28.8. The Morgan fingerprint density at radius 1 is 0.404 bits per heavy atom. The molecule has 242 valence electrons. The molecule has 3 heterocycles. The molecule has 0 fully saturated rings. The zero-order valence-electron chi connectivity index (χ0n) is 28.0. The number of fused-ring (bicyclic) bond motifs is 9. The number of furan rings is 1. The van der Waals surface area contributed by atoms with Crippen molar-refractivity contribution in [3.63, 3.8) is 0 Å². The first-order chi connectivity index (χ1) is 25.8. The van der Waals surface area contributed by atoms with Gasteiger partial charge in [0.05, 0.1) is 22.2 Å². The number of hydrogen-bond acceptors (Lipinski definition) is 3. The number of rotatable bonds is 4. The van der Waals surface area contributed by atoms with Crippen LogP contribution in [0.25, 0.3) is 105 Å². The highest BCUT2D eigenvalue weighted by Crippen LogP contribution is 2.44. The van der Waals surface area contributed by atoms with Crippen molar-refractivity contribution in [2.45, 2.75) is 0 Å². The summed E-state index contributed by atoms with van der Waals surface area (Å²) in [6, 6.07) is 61.9. The van der Waals surface area contributed by atoms with E-state index >= 15 is 0 Å². The highest BCUT2D eigenvalue weighted by Gasteiger charge is 2.20. The van der Waals surface area contributed by atoms with E-state index in [4.69, 9.17) is 14.4 Å². The summed E-state index contributed by atoms with van der Waals surface area (Å²) in [5.74, 6) is 0.676.